The fourth-order valence-corrected chi connectivity index (χ4v) is 1.31. The minimum atomic E-state index is 0.0821. The highest BCUT2D eigenvalue weighted by Crippen LogP contribution is 2.14. The van der Waals surface area contributed by atoms with Gasteiger partial charge in [-0.15, -0.1) is 13.2 Å². The van der Waals surface area contributed by atoms with Crippen molar-refractivity contribution in [2.24, 2.45) is 5.84 Å². The van der Waals surface area contributed by atoms with E-state index in [1.807, 2.05) is 31.5 Å². The van der Waals surface area contributed by atoms with Gasteiger partial charge in [0.15, 0.2) is 0 Å². The van der Waals surface area contributed by atoms with Crippen molar-refractivity contribution in [2.45, 2.75) is 26.8 Å². The van der Waals surface area contributed by atoms with Crippen molar-refractivity contribution in [3.8, 4) is 0 Å². The smallest absolute Gasteiger partial charge is 0.0896 e. The number of hydrazine groups is 1. The number of hydrogen-bond donors (Lipinski definition) is 2. The van der Waals surface area contributed by atoms with Gasteiger partial charge in [0.05, 0.1) is 11.7 Å². The second kappa shape index (κ2) is 6.03. The van der Waals surface area contributed by atoms with Crippen LogP contribution in [0.1, 0.15) is 24.4 Å². The Morgan fingerprint density at radius 3 is 2.40 bits per heavy atom. The predicted octanol–water partition coefficient (Wildman–Crippen LogP) is 1.84. The average Bonchev–Trinajstić information content (AvgIpc) is 2.58. The highest BCUT2D eigenvalue weighted by Gasteiger charge is 2.11. The van der Waals surface area contributed by atoms with E-state index in [1.54, 1.807) is 0 Å². The van der Waals surface area contributed by atoms with E-state index < -0.39 is 0 Å². The monoisotopic (exact) mass is 208 g/mol. The van der Waals surface area contributed by atoms with Crippen LogP contribution in [-0.2, 0) is 0 Å². The third-order valence-electron chi connectivity index (χ3n) is 2.10. The van der Waals surface area contributed by atoms with E-state index in [4.69, 9.17) is 5.84 Å². The Morgan fingerprint density at radius 2 is 2.07 bits per heavy atom. The molecule has 4 nitrogen and oxygen atoms in total. The molecule has 1 unspecified atom stereocenters. The summed E-state index contributed by atoms with van der Waals surface area (Å²) >= 11 is 0. The number of aryl methyl sites for hydroxylation is 2. The number of aromatic nitrogens is 2. The molecule has 0 bridgehead atoms. The van der Waals surface area contributed by atoms with Gasteiger partial charge in [0.25, 0.3) is 0 Å². The Morgan fingerprint density at radius 1 is 1.53 bits per heavy atom. The van der Waals surface area contributed by atoms with Gasteiger partial charge in [0.2, 0.25) is 0 Å². The van der Waals surface area contributed by atoms with Gasteiger partial charge in [-0.25, -0.2) is 0 Å². The van der Waals surface area contributed by atoms with Crippen LogP contribution in [0.15, 0.2) is 31.5 Å². The first kappa shape index (κ1) is 13.4. The number of nitrogens with zero attached hydrogens (tertiary/aromatic N) is 2. The molecule has 0 aliphatic carbocycles. The van der Waals surface area contributed by atoms with Crippen LogP contribution in [0.3, 0.4) is 0 Å². The van der Waals surface area contributed by atoms with Crippen molar-refractivity contribution in [2.75, 3.05) is 0 Å². The Bertz CT molecular complexity index is 327. The molecule has 1 heterocycles. The molecule has 0 amide bonds. The number of rotatable bonds is 3. The molecular formula is C11H20N4. The summed E-state index contributed by atoms with van der Waals surface area (Å²) in [4.78, 5) is 0. The molecule has 15 heavy (non-hydrogen) atoms. The molecule has 0 aliphatic heterocycles. The normalized spacial score (nSPS) is 11.2. The number of nitrogens with one attached hydrogen (secondary N) is 1. The zero-order valence-electron chi connectivity index (χ0n) is 9.75. The van der Waals surface area contributed by atoms with Gasteiger partial charge in [-0.1, -0.05) is 6.58 Å². The molecule has 0 aromatic carbocycles. The first-order valence-electron chi connectivity index (χ1n) is 4.74. The molecule has 84 valence electrons. The third kappa shape index (κ3) is 3.25. The molecule has 1 aromatic rings. The molecule has 0 aliphatic rings. The topological polar surface area (TPSA) is 55.9 Å². The van der Waals surface area contributed by atoms with E-state index in [0.29, 0.717) is 0 Å². The van der Waals surface area contributed by atoms with Crippen LogP contribution >= 0.6 is 0 Å². The Balaban J connectivity index is 0.000000921. The number of hydrogen-bond acceptors (Lipinski definition) is 3. The minimum Gasteiger partial charge on any atom is -0.327 e. The van der Waals surface area contributed by atoms with Crippen molar-refractivity contribution < 1.29 is 0 Å². The maximum Gasteiger partial charge on any atom is 0.0896 e. The summed E-state index contributed by atoms with van der Waals surface area (Å²) in [6.07, 6.45) is 0. The van der Waals surface area contributed by atoms with Crippen molar-refractivity contribution in [3.63, 3.8) is 0 Å². The van der Waals surface area contributed by atoms with E-state index in [9.17, 15) is 0 Å². The minimum absolute atomic E-state index is 0.0821. The van der Waals surface area contributed by atoms with Gasteiger partial charge in [-0.05, 0) is 26.8 Å². The SMILES string of the molecule is C=C.C=C(NN)C(C)n1nc(C)cc1C. The summed E-state index contributed by atoms with van der Waals surface area (Å²) in [5.74, 6) is 5.28. The number of allylic oxidation sites excluding steroid dienone is 1. The maximum absolute atomic E-state index is 5.28. The molecule has 1 rings (SSSR count). The van der Waals surface area contributed by atoms with E-state index in [2.05, 4.69) is 30.3 Å². The molecular weight excluding hydrogens is 188 g/mol. The molecule has 0 saturated heterocycles. The molecule has 0 saturated carbocycles. The van der Waals surface area contributed by atoms with Crippen LogP contribution in [0.5, 0.6) is 0 Å². The van der Waals surface area contributed by atoms with Gasteiger partial charge in [-0.2, -0.15) is 5.10 Å². The molecule has 3 N–H and O–H groups in total. The quantitative estimate of drug-likeness (QED) is 0.453. The van der Waals surface area contributed by atoms with E-state index >= 15 is 0 Å². The van der Waals surface area contributed by atoms with E-state index in [1.165, 1.54) is 0 Å². The van der Waals surface area contributed by atoms with Crippen molar-refractivity contribution >= 4 is 0 Å². The van der Waals surface area contributed by atoms with Crippen LogP contribution in [-0.4, -0.2) is 9.78 Å². The molecule has 0 spiro atoms. The van der Waals surface area contributed by atoms with E-state index in [0.717, 1.165) is 17.1 Å². The lowest BCUT2D eigenvalue weighted by molar-refractivity contribution is 0.510. The van der Waals surface area contributed by atoms with Crippen LogP contribution in [0.4, 0.5) is 0 Å². The van der Waals surface area contributed by atoms with Gasteiger partial charge < -0.3 is 5.43 Å². The highest BCUT2D eigenvalue weighted by atomic mass is 15.3. The summed E-state index contributed by atoms with van der Waals surface area (Å²) in [5.41, 5.74) is 5.42. The van der Waals surface area contributed by atoms with Gasteiger partial charge in [-0.3, -0.25) is 10.5 Å². The van der Waals surface area contributed by atoms with Gasteiger partial charge >= 0.3 is 0 Å². The van der Waals surface area contributed by atoms with Crippen LogP contribution in [0.25, 0.3) is 0 Å². The van der Waals surface area contributed by atoms with Crippen molar-refractivity contribution in [3.05, 3.63) is 42.9 Å². The number of nitrogens with two attached hydrogens (primary N) is 1. The average molecular weight is 208 g/mol. The summed E-state index contributed by atoms with van der Waals surface area (Å²) in [5, 5.41) is 4.34. The fraction of sp³-hybridized carbons (Fsp3) is 0.364. The van der Waals surface area contributed by atoms with Crippen LogP contribution in [0.2, 0.25) is 0 Å². The van der Waals surface area contributed by atoms with E-state index in [-0.39, 0.29) is 6.04 Å². The lowest BCUT2D eigenvalue weighted by Gasteiger charge is -2.16. The molecule has 4 heteroatoms. The standard InChI is InChI=1S/C9H16N4.C2H4/c1-6-5-7(2)13(12-6)9(4)8(3)11-10;1-2/h5,9,11H,3,10H2,1-2,4H3;1-2H2. The molecule has 0 fully saturated rings. The molecule has 0 radical (unpaired) electrons. The van der Waals surface area contributed by atoms with Crippen LogP contribution in [0, 0.1) is 13.8 Å². The van der Waals surface area contributed by atoms with Crippen molar-refractivity contribution in [1.29, 1.82) is 0 Å². The van der Waals surface area contributed by atoms with Gasteiger partial charge in [0, 0.05) is 11.4 Å². The maximum atomic E-state index is 5.28. The molecule has 1 aromatic heterocycles. The first-order chi connectivity index (χ1) is 7.06. The first-order valence-corrected chi connectivity index (χ1v) is 4.74. The summed E-state index contributed by atoms with van der Waals surface area (Å²) in [7, 11) is 0. The highest BCUT2D eigenvalue weighted by molar-refractivity contribution is 5.11. The Kier molecular flexibility index (Phi) is 5.41. The van der Waals surface area contributed by atoms with Crippen LogP contribution < -0.4 is 11.3 Å². The summed E-state index contributed by atoms with van der Waals surface area (Å²) in [6.45, 7) is 15.8. The lowest BCUT2D eigenvalue weighted by atomic mass is 10.2. The zero-order chi connectivity index (χ0) is 12.0. The second-order valence-corrected chi connectivity index (χ2v) is 3.22. The lowest BCUT2D eigenvalue weighted by Crippen LogP contribution is -2.27. The third-order valence-corrected chi connectivity index (χ3v) is 2.10. The second-order valence-electron chi connectivity index (χ2n) is 3.22. The Labute approximate surface area is 91.4 Å². The summed E-state index contributed by atoms with van der Waals surface area (Å²) in [6, 6.07) is 2.11. The van der Waals surface area contributed by atoms with Crippen molar-refractivity contribution in [1.82, 2.24) is 15.2 Å². The largest absolute Gasteiger partial charge is 0.327 e. The Hall–Kier alpha value is -1.55. The fourth-order valence-electron chi connectivity index (χ4n) is 1.31. The summed E-state index contributed by atoms with van der Waals surface area (Å²) < 4.78 is 1.90. The van der Waals surface area contributed by atoms with Gasteiger partial charge in [0.1, 0.15) is 0 Å². The predicted molar refractivity (Wildman–Crippen MR) is 64.1 cm³/mol. The zero-order valence-corrected chi connectivity index (χ0v) is 9.75. The molecule has 1 atom stereocenters.